The van der Waals surface area contributed by atoms with Crippen LogP contribution in [0.1, 0.15) is 53.6 Å². The van der Waals surface area contributed by atoms with Gasteiger partial charge >= 0.3 is 0 Å². The number of aryl methyl sites for hydroxylation is 1. The van der Waals surface area contributed by atoms with E-state index >= 15 is 0 Å². The van der Waals surface area contributed by atoms with Crippen molar-refractivity contribution in [3.05, 3.63) is 82.8 Å². The molecule has 4 heterocycles. The number of aromatic nitrogens is 3. The van der Waals surface area contributed by atoms with Crippen molar-refractivity contribution in [3.63, 3.8) is 0 Å². The fourth-order valence-electron chi connectivity index (χ4n) is 4.83. The fraction of sp³-hybridized carbons (Fsp3) is 0.400. The molecule has 0 bridgehead atoms. The normalized spacial score (nSPS) is 18.9. The summed E-state index contributed by atoms with van der Waals surface area (Å²) in [5.41, 5.74) is 4.56. The zero-order valence-corrected chi connectivity index (χ0v) is 18.0. The first kappa shape index (κ1) is 20.1. The average molecular weight is 418 g/mol. The number of fused-ring (bicyclic) bond motifs is 1. The van der Waals surface area contributed by atoms with Crippen molar-refractivity contribution in [1.82, 2.24) is 19.9 Å². The maximum Gasteiger partial charge on any atom is 0.148 e. The van der Waals surface area contributed by atoms with Gasteiger partial charge in [-0.3, -0.25) is 9.88 Å². The molecule has 0 unspecified atom stereocenters. The maximum absolute atomic E-state index is 13.3. The second-order valence-corrected chi connectivity index (χ2v) is 8.57. The molecule has 160 valence electrons. The highest BCUT2D eigenvalue weighted by molar-refractivity contribution is 5.51. The molecule has 3 aromatic rings. The molecule has 2 aliphatic rings. The van der Waals surface area contributed by atoms with Crippen LogP contribution in [0.4, 0.5) is 10.2 Å². The SMILES string of the molecule is Cc1nc([C@H]2CCCN2Cc2ccc(F)cc2)nc2c1CCCN2Cc1ccccn1. The summed E-state index contributed by atoms with van der Waals surface area (Å²) in [4.78, 5) is 19.4. The Labute approximate surface area is 183 Å². The minimum absolute atomic E-state index is 0.191. The lowest BCUT2D eigenvalue weighted by Crippen LogP contribution is -2.32. The van der Waals surface area contributed by atoms with Crippen molar-refractivity contribution < 1.29 is 4.39 Å². The van der Waals surface area contributed by atoms with Gasteiger partial charge in [-0.15, -0.1) is 0 Å². The number of rotatable bonds is 5. The zero-order valence-electron chi connectivity index (χ0n) is 18.0. The van der Waals surface area contributed by atoms with E-state index in [2.05, 4.69) is 27.8 Å². The van der Waals surface area contributed by atoms with Crippen LogP contribution < -0.4 is 4.90 Å². The van der Waals surface area contributed by atoms with Gasteiger partial charge in [0.15, 0.2) is 0 Å². The van der Waals surface area contributed by atoms with Crippen molar-refractivity contribution in [3.8, 4) is 0 Å². The Morgan fingerprint density at radius 1 is 1.00 bits per heavy atom. The molecule has 2 aliphatic heterocycles. The van der Waals surface area contributed by atoms with E-state index in [1.807, 2.05) is 30.5 Å². The Bertz CT molecular complexity index is 1040. The smallest absolute Gasteiger partial charge is 0.148 e. The van der Waals surface area contributed by atoms with E-state index in [0.29, 0.717) is 0 Å². The molecule has 2 aromatic heterocycles. The standard InChI is InChI=1S/C25H28FN5/c1-18-22-7-4-15-31(17-21-6-2-3-13-27-21)25(22)29-24(28-18)23-8-5-14-30(23)16-19-9-11-20(26)12-10-19/h2-3,6,9-13,23H,4-5,7-8,14-17H2,1H3/t23-/m1/s1. The Hall–Kier alpha value is -2.86. The summed E-state index contributed by atoms with van der Waals surface area (Å²) >= 11 is 0. The zero-order chi connectivity index (χ0) is 21.2. The van der Waals surface area contributed by atoms with Gasteiger partial charge in [-0.2, -0.15) is 0 Å². The third-order valence-corrected chi connectivity index (χ3v) is 6.40. The molecule has 1 saturated heterocycles. The predicted molar refractivity (Wildman–Crippen MR) is 119 cm³/mol. The van der Waals surface area contributed by atoms with Gasteiger partial charge < -0.3 is 4.90 Å². The van der Waals surface area contributed by atoms with E-state index in [9.17, 15) is 4.39 Å². The molecule has 0 spiro atoms. The van der Waals surface area contributed by atoms with Crippen LogP contribution in [0.25, 0.3) is 0 Å². The maximum atomic E-state index is 13.3. The number of hydrogen-bond donors (Lipinski definition) is 0. The quantitative estimate of drug-likeness (QED) is 0.607. The van der Waals surface area contributed by atoms with Gasteiger partial charge in [0, 0.05) is 30.5 Å². The van der Waals surface area contributed by atoms with E-state index in [-0.39, 0.29) is 11.9 Å². The van der Waals surface area contributed by atoms with Gasteiger partial charge in [0.1, 0.15) is 17.5 Å². The van der Waals surface area contributed by atoms with Crippen molar-refractivity contribution in [2.75, 3.05) is 18.0 Å². The summed E-state index contributed by atoms with van der Waals surface area (Å²) in [6, 6.07) is 13.1. The van der Waals surface area contributed by atoms with E-state index in [1.165, 1.54) is 17.7 Å². The van der Waals surface area contributed by atoms with Crippen LogP contribution in [-0.4, -0.2) is 32.9 Å². The number of halogens is 1. The number of hydrogen-bond acceptors (Lipinski definition) is 5. The second kappa shape index (κ2) is 8.71. The highest BCUT2D eigenvalue weighted by Crippen LogP contribution is 2.35. The number of benzene rings is 1. The lowest BCUT2D eigenvalue weighted by atomic mass is 10.0. The van der Waals surface area contributed by atoms with E-state index in [0.717, 1.165) is 80.5 Å². The van der Waals surface area contributed by atoms with Gasteiger partial charge in [0.05, 0.1) is 18.3 Å². The molecule has 6 heteroatoms. The Morgan fingerprint density at radius 2 is 1.87 bits per heavy atom. The summed E-state index contributed by atoms with van der Waals surface area (Å²) < 4.78 is 13.3. The van der Waals surface area contributed by atoms with E-state index < -0.39 is 0 Å². The third kappa shape index (κ3) is 4.30. The Kier molecular flexibility index (Phi) is 5.64. The van der Waals surface area contributed by atoms with Crippen LogP contribution in [0.2, 0.25) is 0 Å². The number of anilines is 1. The molecule has 0 amide bonds. The average Bonchev–Trinajstić information content (AvgIpc) is 3.25. The van der Waals surface area contributed by atoms with Gasteiger partial charge in [0.2, 0.25) is 0 Å². The van der Waals surface area contributed by atoms with Gasteiger partial charge in [0.25, 0.3) is 0 Å². The van der Waals surface area contributed by atoms with Gasteiger partial charge in [-0.1, -0.05) is 18.2 Å². The summed E-state index contributed by atoms with van der Waals surface area (Å²) in [6.07, 6.45) is 6.18. The van der Waals surface area contributed by atoms with E-state index in [4.69, 9.17) is 9.97 Å². The van der Waals surface area contributed by atoms with Gasteiger partial charge in [-0.05, 0) is 69.0 Å². The van der Waals surface area contributed by atoms with Crippen LogP contribution in [0, 0.1) is 12.7 Å². The lowest BCUT2D eigenvalue weighted by molar-refractivity contribution is 0.239. The second-order valence-electron chi connectivity index (χ2n) is 8.57. The third-order valence-electron chi connectivity index (χ3n) is 6.40. The van der Waals surface area contributed by atoms with Crippen LogP contribution in [-0.2, 0) is 19.5 Å². The summed E-state index contributed by atoms with van der Waals surface area (Å²) in [5.74, 6) is 1.81. The molecule has 5 rings (SSSR count). The number of likely N-dealkylation sites (tertiary alicyclic amines) is 1. The molecule has 5 nitrogen and oxygen atoms in total. The summed E-state index contributed by atoms with van der Waals surface area (Å²) in [6.45, 7) is 5.69. The molecular weight excluding hydrogens is 389 g/mol. The Morgan fingerprint density at radius 3 is 2.68 bits per heavy atom. The molecular formula is C25H28FN5. The molecule has 0 radical (unpaired) electrons. The van der Waals surface area contributed by atoms with E-state index in [1.54, 1.807) is 0 Å². The van der Waals surface area contributed by atoms with Crippen molar-refractivity contribution >= 4 is 5.82 Å². The first-order valence-corrected chi connectivity index (χ1v) is 11.2. The topological polar surface area (TPSA) is 45.2 Å². The molecule has 1 fully saturated rings. The molecule has 1 atom stereocenters. The van der Waals surface area contributed by atoms with Crippen LogP contribution in [0.15, 0.2) is 48.7 Å². The van der Waals surface area contributed by atoms with Crippen molar-refractivity contribution in [1.29, 1.82) is 0 Å². The largest absolute Gasteiger partial charge is 0.350 e. The highest BCUT2D eigenvalue weighted by Gasteiger charge is 2.31. The Balaban J connectivity index is 1.42. The molecule has 31 heavy (non-hydrogen) atoms. The monoisotopic (exact) mass is 417 g/mol. The number of pyridine rings is 1. The lowest BCUT2D eigenvalue weighted by Gasteiger charge is -2.32. The molecule has 0 saturated carbocycles. The molecule has 1 aromatic carbocycles. The first-order valence-electron chi connectivity index (χ1n) is 11.2. The van der Waals surface area contributed by atoms with Crippen LogP contribution >= 0.6 is 0 Å². The van der Waals surface area contributed by atoms with Crippen LogP contribution in [0.3, 0.4) is 0 Å². The first-order chi connectivity index (χ1) is 15.2. The molecule has 0 aliphatic carbocycles. The minimum atomic E-state index is -0.191. The van der Waals surface area contributed by atoms with Crippen molar-refractivity contribution in [2.24, 2.45) is 0 Å². The number of nitrogens with zero attached hydrogens (tertiary/aromatic N) is 5. The van der Waals surface area contributed by atoms with Gasteiger partial charge in [-0.25, -0.2) is 14.4 Å². The van der Waals surface area contributed by atoms with Crippen molar-refractivity contribution in [2.45, 2.75) is 51.7 Å². The fourth-order valence-corrected chi connectivity index (χ4v) is 4.83. The summed E-state index contributed by atoms with van der Waals surface area (Å²) in [5, 5.41) is 0. The summed E-state index contributed by atoms with van der Waals surface area (Å²) in [7, 11) is 0. The predicted octanol–water partition coefficient (Wildman–Crippen LogP) is 4.61. The van der Waals surface area contributed by atoms with Crippen LogP contribution in [0.5, 0.6) is 0 Å². The molecule has 0 N–H and O–H groups in total. The minimum Gasteiger partial charge on any atom is -0.350 e. The highest BCUT2D eigenvalue weighted by atomic mass is 19.1.